The molecule has 0 radical (unpaired) electrons. The maximum absolute atomic E-state index is 13.7. The second-order valence-electron chi connectivity index (χ2n) is 4.82. The first-order valence-electron chi connectivity index (χ1n) is 7.05. The molecule has 1 N–H and O–H groups in total. The minimum Gasteiger partial charge on any atom is -0.345 e. The molecule has 2 aromatic rings. The molecule has 2 rings (SSSR count). The van der Waals surface area contributed by atoms with Crippen molar-refractivity contribution < 1.29 is 4.39 Å². The first-order chi connectivity index (χ1) is 10.2. The fourth-order valence-corrected chi connectivity index (χ4v) is 2.35. The zero-order chi connectivity index (χ0) is 15.1. The maximum Gasteiger partial charge on any atom is 0.173 e. The Morgan fingerprint density at radius 2 is 1.76 bits per heavy atom. The number of rotatable bonds is 5. The summed E-state index contributed by atoms with van der Waals surface area (Å²) in [4.78, 5) is 2.05. The highest BCUT2D eigenvalue weighted by Crippen LogP contribution is 2.14. The van der Waals surface area contributed by atoms with E-state index in [4.69, 9.17) is 12.2 Å². The summed E-state index contributed by atoms with van der Waals surface area (Å²) in [6, 6.07) is 16.7. The van der Waals surface area contributed by atoms with E-state index >= 15 is 0 Å². The lowest BCUT2D eigenvalue weighted by molar-refractivity contribution is 0.418. The molecule has 0 aliphatic carbocycles. The van der Waals surface area contributed by atoms with Crippen LogP contribution >= 0.6 is 12.2 Å². The minimum absolute atomic E-state index is 0.295. The second kappa shape index (κ2) is 7.74. The van der Waals surface area contributed by atoms with Crippen molar-refractivity contribution in [2.45, 2.75) is 19.9 Å². The molecule has 0 fully saturated rings. The molecule has 0 aliphatic heterocycles. The van der Waals surface area contributed by atoms with E-state index in [1.165, 1.54) is 11.6 Å². The van der Waals surface area contributed by atoms with Gasteiger partial charge in [-0.2, -0.15) is 0 Å². The second-order valence-corrected chi connectivity index (χ2v) is 5.20. The number of halogens is 1. The Balaban J connectivity index is 2.07. The average molecular weight is 302 g/mol. The van der Waals surface area contributed by atoms with Gasteiger partial charge in [-0.1, -0.05) is 49.4 Å². The van der Waals surface area contributed by atoms with Gasteiger partial charge in [0.1, 0.15) is 5.82 Å². The molecular formula is C17H19FN2S. The molecule has 0 atom stereocenters. The van der Waals surface area contributed by atoms with Crippen molar-refractivity contribution >= 4 is 23.0 Å². The fourth-order valence-electron chi connectivity index (χ4n) is 2.08. The van der Waals surface area contributed by atoms with Crippen LogP contribution in [-0.2, 0) is 6.54 Å². The zero-order valence-corrected chi connectivity index (χ0v) is 12.9. The van der Waals surface area contributed by atoms with Crippen molar-refractivity contribution in [2.24, 2.45) is 0 Å². The molecule has 0 aromatic heterocycles. The van der Waals surface area contributed by atoms with E-state index in [0.29, 0.717) is 10.8 Å². The van der Waals surface area contributed by atoms with Gasteiger partial charge in [0.05, 0.1) is 5.69 Å². The monoisotopic (exact) mass is 302 g/mol. The van der Waals surface area contributed by atoms with E-state index in [0.717, 1.165) is 19.5 Å². The van der Waals surface area contributed by atoms with Gasteiger partial charge < -0.3 is 10.2 Å². The zero-order valence-electron chi connectivity index (χ0n) is 12.1. The molecule has 2 aromatic carbocycles. The standard InChI is InChI=1S/C17H19FN2S/c1-2-12-20(13-14-8-4-3-5-9-14)17(21)19-16-11-7-6-10-15(16)18/h3-11H,2,12-13H2,1H3,(H,19,21). The molecule has 2 nitrogen and oxygen atoms in total. The van der Waals surface area contributed by atoms with Crippen molar-refractivity contribution in [1.29, 1.82) is 0 Å². The predicted octanol–water partition coefficient (Wildman–Crippen LogP) is 4.43. The van der Waals surface area contributed by atoms with Gasteiger partial charge in [-0.05, 0) is 36.3 Å². The number of para-hydroxylation sites is 1. The normalized spacial score (nSPS) is 10.2. The number of benzene rings is 2. The molecule has 4 heteroatoms. The maximum atomic E-state index is 13.7. The van der Waals surface area contributed by atoms with Gasteiger partial charge in [0.15, 0.2) is 5.11 Å². The van der Waals surface area contributed by atoms with Gasteiger partial charge in [-0.3, -0.25) is 0 Å². The molecule has 0 unspecified atom stereocenters. The largest absolute Gasteiger partial charge is 0.345 e. The van der Waals surface area contributed by atoms with Gasteiger partial charge in [0, 0.05) is 13.1 Å². The third-order valence-electron chi connectivity index (χ3n) is 3.11. The van der Waals surface area contributed by atoms with Crippen LogP contribution in [-0.4, -0.2) is 16.6 Å². The number of anilines is 1. The van der Waals surface area contributed by atoms with E-state index in [-0.39, 0.29) is 5.82 Å². The Kier molecular flexibility index (Phi) is 5.69. The van der Waals surface area contributed by atoms with E-state index in [9.17, 15) is 4.39 Å². The molecule has 0 amide bonds. The Morgan fingerprint density at radius 1 is 1.10 bits per heavy atom. The van der Waals surface area contributed by atoms with Crippen LogP contribution in [0.4, 0.5) is 10.1 Å². The molecule has 21 heavy (non-hydrogen) atoms. The molecule has 0 saturated heterocycles. The lowest BCUT2D eigenvalue weighted by Crippen LogP contribution is -2.35. The topological polar surface area (TPSA) is 15.3 Å². The lowest BCUT2D eigenvalue weighted by atomic mass is 10.2. The van der Waals surface area contributed by atoms with Crippen LogP contribution in [0.3, 0.4) is 0 Å². The number of nitrogens with zero attached hydrogens (tertiary/aromatic N) is 1. The molecule has 0 heterocycles. The third-order valence-corrected chi connectivity index (χ3v) is 3.47. The first kappa shape index (κ1) is 15.4. The quantitative estimate of drug-likeness (QED) is 0.822. The van der Waals surface area contributed by atoms with Crippen molar-refractivity contribution in [3.05, 3.63) is 66.0 Å². The smallest absolute Gasteiger partial charge is 0.173 e. The Labute approximate surface area is 130 Å². The molecule has 0 aliphatic rings. The summed E-state index contributed by atoms with van der Waals surface area (Å²) in [7, 11) is 0. The van der Waals surface area contributed by atoms with E-state index in [2.05, 4.69) is 29.3 Å². The number of thiocarbonyl (C=S) groups is 1. The molecule has 0 saturated carbocycles. The summed E-state index contributed by atoms with van der Waals surface area (Å²) in [5.74, 6) is -0.295. The summed E-state index contributed by atoms with van der Waals surface area (Å²) < 4.78 is 13.7. The Morgan fingerprint density at radius 3 is 2.43 bits per heavy atom. The van der Waals surface area contributed by atoms with E-state index in [1.54, 1.807) is 18.2 Å². The SMILES string of the molecule is CCCN(Cc1ccccc1)C(=S)Nc1ccccc1F. The summed E-state index contributed by atoms with van der Waals surface area (Å²) in [6.07, 6.45) is 0.978. The highest BCUT2D eigenvalue weighted by Gasteiger charge is 2.11. The van der Waals surface area contributed by atoms with E-state index in [1.807, 2.05) is 18.2 Å². The fraction of sp³-hybridized carbons (Fsp3) is 0.235. The molecule has 110 valence electrons. The number of nitrogens with one attached hydrogen (secondary N) is 1. The lowest BCUT2D eigenvalue weighted by Gasteiger charge is -2.25. The highest BCUT2D eigenvalue weighted by molar-refractivity contribution is 7.80. The van der Waals surface area contributed by atoms with Gasteiger partial charge in [0.25, 0.3) is 0 Å². The van der Waals surface area contributed by atoms with Gasteiger partial charge in [-0.25, -0.2) is 4.39 Å². The minimum atomic E-state index is -0.295. The van der Waals surface area contributed by atoms with Crippen LogP contribution in [0.5, 0.6) is 0 Å². The van der Waals surface area contributed by atoms with Crippen LogP contribution in [0.2, 0.25) is 0 Å². The van der Waals surface area contributed by atoms with Gasteiger partial charge >= 0.3 is 0 Å². The molecule has 0 spiro atoms. The summed E-state index contributed by atoms with van der Waals surface area (Å²) in [5.41, 5.74) is 1.60. The van der Waals surface area contributed by atoms with Crippen LogP contribution < -0.4 is 5.32 Å². The van der Waals surface area contributed by atoms with Crippen LogP contribution in [0.1, 0.15) is 18.9 Å². The highest BCUT2D eigenvalue weighted by atomic mass is 32.1. The van der Waals surface area contributed by atoms with Crippen LogP contribution in [0, 0.1) is 5.82 Å². The van der Waals surface area contributed by atoms with Crippen molar-refractivity contribution in [2.75, 3.05) is 11.9 Å². The molecule has 0 bridgehead atoms. The van der Waals surface area contributed by atoms with Gasteiger partial charge in [0.2, 0.25) is 0 Å². The van der Waals surface area contributed by atoms with Crippen molar-refractivity contribution in [1.82, 2.24) is 4.90 Å². The van der Waals surface area contributed by atoms with Crippen LogP contribution in [0.15, 0.2) is 54.6 Å². The Hall–Kier alpha value is -1.94. The number of hydrogen-bond donors (Lipinski definition) is 1. The third kappa shape index (κ3) is 4.53. The van der Waals surface area contributed by atoms with E-state index < -0.39 is 0 Å². The van der Waals surface area contributed by atoms with Crippen LogP contribution in [0.25, 0.3) is 0 Å². The van der Waals surface area contributed by atoms with Crippen molar-refractivity contribution in [3.8, 4) is 0 Å². The first-order valence-corrected chi connectivity index (χ1v) is 7.46. The Bertz CT molecular complexity index is 586. The summed E-state index contributed by atoms with van der Waals surface area (Å²) in [6.45, 7) is 3.65. The predicted molar refractivity (Wildman–Crippen MR) is 89.8 cm³/mol. The number of hydrogen-bond acceptors (Lipinski definition) is 1. The van der Waals surface area contributed by atoms with Gasteiger partial charge in [-0.15, -0.1) is 0 Å². The molecular weight excluding hydrogens is 283 g/mol. The summed E-state index contributed by atoms with van der Waals surface area (Å²) in [5, 5.41) is 3.54. The average Bonchev–Trinajstić information content (AvgIpc) is 2.50. The summed E-state index contributed by atoms with van der Waals surface area (Å²) >= 11 is 5.43. The van der Waals surface area contributed by atoms with Crippen molar-refractivity contribution in [3.63, 3.8) is 0 Å².